The van der Waals surface area contributed by atoms with Gasteiger partial charge in [-0.25, -0.2) is 19.0 Å². The van der Waals surface area contributed by atoms with E-state index in [4.69, 9.17) is 22.3 Å². The van der Waals surface area contributed by atoms with Crippen LogP contribution >= 0.6 is 11.6 Å². The highest BCUT2D eigenvalue weighted by molar-refractivity contribution is 6.35. The normalized spacial score (nSPS) is 11.1. The maximum atomic E-state index is 13.2. The summed E-state index contributed by atoms with van der Waals surface area (Å²) in [5.41, 5.74) is 9.98. The summed E-state index contributed by atoms with van der Waals surface area (Å²) >= 11 is 6.54. The van der Waals surface area contributed by atoms with Crippen LogP contribution in [0.4, 0.5) is 16.0 Å². The fourth-order valence-electron chi connectivity index (χ4n) is 3.53. The first-order chi connectivity index (χ1) is 16.0. The van der Waals surface area contributed by atoms with Crippen molar-refractivity contribution in [2.45, 2.75) is 13.5 Å². The van der Waals surface area contributed by atoms with Crippen molar-refractivity contribution in [2.24, 2.45) is 0 Å². The van der Waals surface area contributed by atoms with Crippen LogP contribution in [0.15, 0.2) is 67.0 Å². The molecule has 0 aliphatic heterocycles. The Morgan fingerprint density at radius 3 is 2.67 bits per heavy atom. The van der Waals surface area contributed by atoms with E-state index in [-0.39, 0.29) is 11.6 Å². The fraction of sp³-hybridized carbons (Fsp3) is 0.0833. The maximum Gasteiger partial charge on any atom is 0.182 e. The number of aryl methyl sites for hydroxylation is 1. The molecule has 0 unspecified atom stereocenters. The van der Waals surface area contributed by atoms with Gasteiger partial charge in [-0.05, 0) is 48.9 Å². The molecule has 0 saturated carbocycles. The van der Waals surface area contributed by atoms with E-state index in [2.05, 4.69) is 20.4 Å². The van der Waals surface area contributed by atoms with Crippen molar-refractivity contribution in [3.63, 3.8) is 0 Å². The number of rotatable bonds is 5. The van der Waals surface area contributed by atoms with Crippen LogP contribution in [0, 0.1) is 12.7 Å². The molecule has 0 atom stereocenters. The number of halogens is 2. The fourth-order valence-corrected chi connectivity index (χ4v) is 3.80. The predicted molar refractivity (Wildman–Crippen MR) is 128 cm³/mol. The van der Waals surface area contributed by atoms with Crippen LogP contribution in [0.1, 0.15) is 11.3 Å². The van der Waals surface area contributed by atoms with Crippen LogP contribution in [-0.4, -0.2) is 24.7 Å². The first-order valence-corrected chi connectivity index (χ1v) is 10.6. The quantitative estimate of drug-likeness (QED) is 0.376. The van der Waals surface area contributed by atoms with Crippen LogP contribution in [0.5, 0.6) is 0 Å². The van der Waals surface area contributed by atoms with E-state index in [0.717, 1.165) is 22.2 Å². The molecule has 0 bridgehead atoms. The van der Waals surface area contributed by atoms with Crippen molar-refractivity contribution in [2.75, 3.05) is 11.1 Å². The Hall–Kier alpha value is -4.04. The second-order valence-electron chi connectivity index (χ2n) is 7.54. The second kappa shape index (κ2) is 8.48. The van der Waals surface area contributed by atoms with Gasteiger partial charge < -0.3 is 11.1 Å². The third-order valence-electron chi connectivity index (χ3n) is 5.15. The number of hydrogen-bond acceptors (Lipinski definition) is 6. The lowest BCUT2D eigenvalue weighted by atomic mass is 10.1. The largest absolute Gasteiger partial charge is 0.381 e. The molecule has 3 heterocycles. The zero-order valence-corrected chi connectivity index (χ0v) is 18.4. The molecule has 5 aromatic rings. The zero-order valence-electron chi connectivity index (χ0n) is 17.6. The molecule has 3 N–H and O–H groups in total. The van der Waals surface area contributed by atoms with Gasteiger partial charge in [-0.15, -0.1) is 0 Å². The molecule has 5 rings (SSSR count). The summed E-state index contributed by atoms with van der Waals surface area (Å²) < 4.78 is 14.9. The van der Waals surface area contributed by atoms with Crippen molar-refractivity contribution in [1.29, 1.82) is 0 Å². The molecule has 33 heavy (non-hydrogen) atoms. The van der Waals surface area contributed by atoms with E-state index >= 15 is 0 Å². The second-order valence-corrected chi connectivity index (χ2v) is 7.95. The first kappa shape index (κ1) is 20.8. The third-order valence-corrected chi connectivity index (χ3v) is 5.44. The lowest BCUT2D eigenvalue weighted by Crippen LogP contribution is -2.11. The van der Waals surface area contributed by atoms with Crippen LogP contribution in [-0.2, 0) is 6.54 Å². The molecule has 3 aromatic heterocycles. The van der Waals surface area contributed by atoms with Gasteiger partial charge in [-0.3, -0.25) is 4.98 Å². The summed E-state index contributed by atoms with van der Waals surface area (Å²) in [7, 11) is 0. The summed E-state index contributed by atoms with van der Waals surface area (Å²) in [4.78, 5) is 13.8. The minimum absolute atomic E-state index is 0.220. The number of hydrogen-bond donors (Lipinski definition) is 2. The Balaban J connectivity index is 1.62. The Morgan fingerprint density at radius 2 is 1.91 bits per heavy atom. The number of anilines is 2. The minimum atomic E-state index is -0.290. The Morgan fingerprint density at radius 1 is 1.09 bits per heavy atom. The molecular formula is C24H19ClFN7. The number of nitrogens with two attached hydrogens (primary N) is 1. The summed E-state index contributed by atoms with van der Waals surface area (Å²) in [6, 6.07) is 15.6. The molecule has 0 aliphatic rings. The molecular weight excluding hydrogens is 441 g/mol. The molecule has 7 nitrogen and oxygen atoms in total. The maximum absolute atomic E-state index is 13.2. The molecule has 9 heteroatoms. The lowest BCUT2D eigenvalue weighted by molar-refractivity contribution is 0.627. The Bertz CT molecular complexity index is 1460. The van der Waals surface area contributed by atoms with Gasteiger partial charge in [-0.2, -0.15) is 5.10 Å². The minimum Gasteiger partial charge on any atom is -0.381 e. The Kier molecular flexibility index (Phi) is 5.35. The van der Waals surface area contributed by atoms with Gasteiger partial charge in [0.2, 0.25) is 0 Å². The van der Waals surface area contributed by atoms with E-state index in [0.29, 0.717) is 34.4 Å². The van der Waals surface area contributed by atoms with Gasteiger partial charge in [0, 0.05) is 29.9 Å². The standard InChI is InChI=1S/C24H19ClFN7/c1-14-8-10-33(32-14)24-21(17-11-16-3-2-9-28-20(16)19(25)12-17)30-23(22(27)31-24)29-13-15-4-6-18(26)7-5-15/h2-12H,13H2,1H3,(H2,27,31)(H,29,30). The van der Waals surface area contributed by atoms with Crippen LogP contribution < -0.4 is 11.1 Å². The number of nitrogen functional groups attached to an aromatic ring is 1. The van der Waals surface area contributed by atoms with Crippen molar-refractivity contribution >= 4 is 34.1 Å². The van der Waals surface area contributed by atoms with Crippen molar-refractivity contribution in [3.8, 4) is 17.1 Å². The SMILES string of the molecule is Cc1ccn(-c2nc(N)c(NCc3ccc(F)cc3)nc2-c2cc(Cl)c3ncccc3c2)n1. The first-order valence-electron chi connectivity index (χ1n) is 10.2. The van der Waals surface area contributed by atoms with Crippen molar-refractivity contribution in [3.05, 3.63) is 89.1 Å². The predicted octanol–water partition coefficient (Wildman–Crippen LogP) is 5.17. The third kappa shape index (κ3) is 4.20. The van der Waals surface area contributed by atoms with Gasteiger partial charge in [0.15, 0.2) is 17.5 Å². The highest BCUT2D eigenvalue weighted by Gasteiger charge is 2.18. The topological polar surface area (TPSA) is 94.5 Å². The molecule has 0 spiro atoms. The summed E-state index contributed by atoms with van der Waals surface area (Å²) in [6.45, 7) is 2.30. The van der Waals surface area contributed by atoms with Gasteiger partial charge in [0.05, 0.1) is 16.2 Å². The Labute approximate surface area is 194 Å². The molecule has 2 aromatic carbocycles. The van der Waals surface area contributed by atoms with Gasteiger partial charge in [0.25, 0.3) is 0 Å². The van der Waals surface area contributed by atoms with Crippen LogP contribution in [0.2, 0.25) is 5.02 Å². The number of aromatic nitrogens is 5. The smallest absolute Gasteiger partial charge is 0.182 e. The van der Waals surface area contributed by atoms with E-state index in [9.17, 15) is 4.39 Å². The van der Waals surface area contributed by atoms with E-state index < -0.39 is 0 Å². The zero-order chi connectivity index (χ0) is 22.9. The van der Waals surface area contributed by atoms with E-state index in [1.54, 1.807) is 35.3 Å². The average molecular weight is 460 g/mol. The lowest BCUT2D eigenvalue weighted by Gasteiger charge is -2.15. The molecule has 0 aliphatic carbocycles. The molecule has 0 radical (unpaired) electrons. The van der Waals surface area contributed by atoms with Gasteiger partial charge in [-0.1, -0.05) is 29.8 Å². The van der Waals surface area contributed by atoms with Crippen molar-refractivity contribution in [1.82, 2.24) is 24.7 Å². The molecule has 0 amide bonds. The monoisotopic (exact) mass is 459 g/mol. The average Bonchev–Trinajstić information content (AvgIpc) is 3.25. The van der Waals surface area contributed by atoms with E-state index in [1.165, 1.54) is 12.1 Å². The van der Waals surface area contributed by atoms with E-state index in [1.807, 2.05) is 31.2 Å². The highest BCUT2D eigenvalue weighted by Crippen LogP contribution is 2.33. The molecule has 0 saturated heterocycles. The summed E-state index contributed by atoms with van der Waals surface area (Å²) in [5, 5.41) is 9.06. The van der Waals surface area contributed by atoms with Crippen LogP contribution in [0.3, 0.4) is 0 Å². The van der Waals surface area contributed by atoms with Crippen LogP contribution in [0.25, 0.3) is 28.0 Å². The summed E-state index contributed by atoms with van der Waals surface area (Å²) in [6.07, 6.45) is 3.50. The molecule has 0 fully saturated rings. The number of benzene rings is 2. The summed E-state index contributed by atoms with van der Waals surface area (Å²) in [5.74, 6) is 0.816. The number of nitrogens with zero attached hydrogens (tertiary/aromatic N) is 5. The van der Waals surface area contributed by atoms with Gasteiger partial charge in [0.1, 0.15) is 11.5 Å². The van der Waals surface area contributed by atoms with Crippen molar-refractivity contribution < 1.29 is 4.39 Å². The number of nitrogens with one attached hydrogen (secondary N) is 1. The number of fused-ring (bicyclic) bond motifs is 1. The van der Waals surface area contributed by atoms with Gasteiger partial charge >= 0.3 is 0 Å². The highest BCUT2D eigenvalue weighted by atomic mass is 35.5. The molecule has 164 valence electrons. The number of pyridine rings is 1.